The van der Waals surface area contributed by atoms with E-state index in [9.17, 15) is 4.39 Å². The van der Waals surface area contributed by atoms with Crippen LogP contribution in [-0.2, 0) is 7.05 Å². The van der Waals surface area contributed by atoms with Gasteiger partial charge in [-0.25, -0.2) is 4.39 Å². The molecule has 2 aromatic heterocycles. The molecule has 2 N–H and O–H groups in total. The molecular formula is C14H10BrClFN3S. The first-order valence-corrected chi connectivity index (χ1v) is 8.06. The van der Waals surface area contributed by atoms with E-state index in [4.69, 9.17) is 17.3 Å². The molecule has 0 unspecified atom stereocenters. The first kappa shape index (κ1) is 14.6. The molecule has 0 radical (unpaired) electrons. The minimum Gasteiger partial charge on any atom is -0.383 e. The van der Waals surface area contributed by atoms with Gasteiger partial charge < -0.3 is 5.73 Å². The van der Waals surface area contributed by atoms with Crippen LogP contribution in [0.3, 0.4) is 0 Å². The van der Waals surface area contributed by atoms with Gasteiger partial charge in [-0.15, -0.1) is 11.3 Å². The Morgan fingerprint density at radius 3 is 2.71 bits per heavy atom. The zero-order valence-electron chi connectivity index (χ0n) is 10.9. The van der Waals surface area contributed by atoms with E-state index >= 15 is 0 Å². The zero-order valence-corrected chi connectivity index (χ0v) is 14.1. The number of nitrogen functional groups attached to an aromatic ring is 1. The molecule has 3 rings (SSSR count). The molecule has 21 heavy (non-hydrogen) atoms. The lowest BCUT2D eigenvalue weighted by molar-refractivity contribution is 0.631. The van der Waals surface area contributed by atoms with Gasteiger partial charge in [-0.3, -0.25) is 4.68 Å². The number of halogens is 3. The summed E-state index contributed by atoms with van der Waals surface area (Å²) in [5.74, 6) is -0.0478. The Labute approximate surface area is 138 Å². The van der Waals surface area contributed by atoms with Gasteiger partial charge in [0.25, 0.3) is 0 Å². The average molecular weight is 387 g/mol. The van der Waals surface area contributed by atoms with Crippen LogP contribution in [0.15, 0.2) is 34.1 Å². The van der Waals surface area contributed by atoms with Crippen LogP contribution in [0.25, 0.3) is 21.7 Å². The first-order valence-electron chi connectivity index (χ1n) is 6.01. The standard InChI is InChI=1S/C14H10BrClFN3S/c1-20-14(18)11(10-8(16)3-2-4-9(10)17)12(19-20)13-7(15)5-6-21-13/h2-6H,18H2,1H3. The molecule has 0 atom stereocenters. The van der Waals surface area contributed by atoms with E-state index in [2.05, 4.69) is 21.0 Å². The molecule has 2 heterocycles. The van der Waals surface area contributed by atoms with Gasteiger partial charge in [-0.2, -0.15) is 5.10 Å². The summed E-state index contributed by atoms with van der Waals surface area (Å²) in [6.45, 7) is 0. The Kier molecular flexibility index (Phi) is 3.77. The third kappa shape index (κ3) is 2.37. The monoisotopic (exact) mass is 385 g/mol. The van der Waals surface area contributed by atoms with E-state index in [1.165, 1.54) is 22.1 Å². The minimum atomic E-state index is -0.420. The fraction of sp³-hybridized carbons (Fsp3) is 0.0714. The number of thiophene rings is 1. The van der Waals surface area contributed by atoms with Crippen LogP contribution < -0.4 is 5.73 Å². The summed E-state index contributed by atoms with van der Waals surface area (Å²) in [5.41, 5.74) is 7.50. The van der Waals surface area contributed by atoms with Crippen LogP contribution in [0.1, 0.15) is 0 Å². The quantitative estimate of drug-likeness (QED) is 0.677. The predicted molar refractivity (Wildman–Crippen MR) is 89.0 cm³/mol. The Morgan fingerprint density at radius 2 is 2.10 bits per heavy atom. The number of nitrogens with zero attached hydrogens (tertiary/aromatic N) is 2. The van der Waals surface area contributed by atoms with Crippen molar-refractivity contribution in [1.82, 2.24) is 9.78 Å². The maximum atomic E-state index is 14.3. The molecule has 3 nitrogen and oxygen atoms in total. The second-order valence-corrected chi connectivity index (χ2v) is 6.60. The smallest absolute Gasteiger partial charge is 0.132 e. The number of hydrogen-bond acceptors (Lipinski definition) is 3. The topological polar surface area (TPSA) is 43.8 Å². The number of rotatable bonds is 2. The molecular weight excluding hydrogens is 377 g/mol. The molecule has 0 fully saturated rings. The van der Waals surface area contributed by atoms with E-state index in [0.717, 1.165) is 9.35 Å². The highest BCUT2D eigenvalue weighted by atomic mass is 79.9. The number of benzene rings is 1. The van der Waals surface area contributed by atoms with Crippen molar-refractivity contribution in [2.24, 2.45) is 7.05 Å². The van der Waals surface area contributed by atoms with Crippen LogP contribution >= 0.6 is 38.9 Å². The summed E-state index contributed by atoms with van der Waals surface area (Å²) >= 11 is 11.2. The fourth-order valence-electron chi connectivity index (χ4n) is 2.14. The van der Waals surface area contributed by atoms with Crippen molar-refractivity contribution in [2.45, 2.75) is 0 Å². The molecule has 0 aliphatic rings. The second-order valence-electron chi connectivity index (χ2n) is 4.43. The van der Waals surface area contributed by atoms with Crippen molar-refractivity contribution < 1.29 is 4.39 Å². The van der Waals surface area contributed by atoms with E-state index in [-0.39, 0.29) is 5.56 Å². The lowest BCUT2D eigenvalue weighted by Crippen LogP contribution is -1.98. The van der Waals surface area contributed by atoms with Gasteiger partial charge in [-0.1, -0.05) is 17.7 Å². The largest absolute Gasteiger partial charge is 0.383 e. The van der Waals surface area contributed by atoms with Gasteiger partial charge >= 0.3 is 0 Å². The molecule has 0 saturated carbocycles. The average Bonchev–Trinajstić information content (AvgIpc) is 2.96. The van der Waals surface area contributed by atoms with Crippen LogP contribution in [0.5, 0.6) is 0 Å². The van der Waals surface area contributed by atoms with Crippen molar-refractivity contribution in [3.05, 3.63) is 45.0 Å². The summed E-state index contributed by atoms with van der Waals surface area (Å²) in [7, 11) is 1.72. The Morgan fingerprint density at radius 1 is 1.33 bits per heavy atom. The number of anilines is 1. The van der Waals surface area contributed by atoms with E-state index in [0.29, 0.717) is 22.1 Å². The summed E-state index contributed by atoms with van der Waals surface area (Å²) in [5, 5.41) is 6.66. The highest BCUT2D eigenvalue weighted by Crippen LogP contribution is 2.44. The van der Waals surface area contributed by atoms with Gasteiger partial charge in [0, 0.05) is 17.1 Å². The molecule has 0 spiro atoms. The highest BCUT2D eigenvalue weighted by molar-refractivity contribution is 9.10. The normalized spacial score (nSPS) is 11.0. The molecule has 0 aliphatic carbocycles. The van der Waals surface area contributed by atoms with Crippen LogP contribution in [0, 0.1) is 5.82 Å². The van der Waals surface area contributed by atoms with Crippen molar-refractivity contribution in [3.8, 4) is 21.7 Å². The SMILES string of the molecule is Cn1nc(-c2sccc2Br)c(-c2c(F)cccc2Cl)c1N. The molecule has 0 amide bonds. The van der Waals surface area contributed by atoms with Crippen molar-refractivity contribution >= 4 is 44.7 Å². The second kappa shape index (κ2) is 5.44. The molecule has 7 heteroatoms. The zero-order chi connectivity index (χ0) is 15.1. The summed E-state index contributed by atoms with van der Waals surface area (Å²) in [4.78, 5) is 0.886. The van der Waals surface area contributed by atoms with Crippen molar-refractivity contribution in [3.63, 3.8) is 0 Å². The Bertz CT molecular complexity index is 807. The van der Waals surface area contributed by atoms with Gasteiger partial charge in [0.05, 0.1) is 15.5 Å². The van der Waals surface area contributed by atoms with Crippen LogP contribution in [0.2, 0.25) is 5.02 Å². The maximum absolute atomic E-state index is 14.3. The third-order valence-corrected chi connectivity index (χ3v) is 5.30. The molecule has 0 saturated heterocycles. The maximum Gasteiger partial charge on any atom is 0.132 e. The summed E-state index contributed by atoms with van der Waals surface area (Å²) < 4.78 is 16.7. The number of nitrogens with two attached hydrogens (primary N) is 1. The van der Waals surface area contributed by atoms with Gasteiger partial charge in [0.15, 0.2) is 0 Å². The Balaban J connectivity index is 2.36. The summed E-state index contributed by atoms with van der Waals surface area (Å²) in [6.07, 6.45) is 0. The molecule has 0 aliphatic heterocycles. The summed E-state index contributed by atoms with van der Waals surface area (Å²) in [6, 6.07) is 6.48. The van der Waals surface area contributed by atoms with Crippen molar-refractivity contribution in [1.29, 1.82) is 0 Å². The number of aryl methyl sites for hydroxylation is 1. The lowest BCUT2D eigenvalue weighted by Gasteiger charge is -2.07. The van der Waals surface area contributed by atoms with E-state index in [1.54, 1.807) is 19.2 Å². The number of hydrogen-bond donors (Lipinski definition) is 1. The van der Waals surface area contributed by atoms with Crippen LogP contribution in [0.4, 0.5) is 10.2 Å². The molecule has 1 aromatic carbocycles. The molecule has 3 aromatic rings. The van der Waals surface area contributed by atoms with Gasteiger partial charge in [-0.05, 0) is 39.5 Å². The minimum absolute atomic E-state index is 0.278. The predicted octanol–water partition coefficient (Wildman–Crippen LogP) is 4.95. The third-order valence-electron chi connectivity index (χ3n) is 3.14. The van der Waals surface area contributed by atoms with E-state index in [1.807, 2.05) is 11.4 Å². The van der Waals surface area contributed by atoms with E-state index < -0.39 is 5.82 Å². The first-order chi connectivity index (χ1) is 10.0. The lowest BCUT2D eigenvalue weighted by atomic mass is 10.0. The molecule has 0 bridgehead atoms. The van der Waals surface area contributed by atoms with Crippen molar-refractivity contribution in [2.75, 3.05) is 5.73 Å². The van der Waals surface area contributed by atoms with Gasteiger partial charge in [0.2, 0.25) is 0 Å². The molecule has 108 valence electrons. The fourth-order valence-corrected chi connectivity index (χ4v) is 3.95. The van der Waals surface area contributed by atoms with Crippen LogP contribution in [-0.4, -0.2) is 9.78 Å². The highest BCUT2D eigenvalue weighted by Gasteiger charge is 2.24. The van der Waals surface area contributed by atoms with Gasteiger partial charge in [0.1, 0.15) is 17.3 Å². The number of aromatic nitrogens is 2. The Hall–Kier alpha value is -1.37.